The zero-order valence-corrected chi connectivity index (χ0v) is 18.8. The zero-order chi connectivity index (χ0) is 21.7. The van der Waals surface area contributed by atoms with E-state index in [4.69, 9.17) is 23.2 Å². The summed E-state index contributed by atoms with van der Waals surface area (Å²) in [5.74, 6) is -0.487. The van der Waals surface area contributed by atoms with E-state index in [0.717, 1.165) is 26.1 Å². The highest BCUT2D eigenvalue weighted by Gasteiger charge is 2.25. The van der Waals surface area contributed by atoms with Gasteiger partial charge in [0.1, 0.15) is 6.04 Å². The van der Waals surface area contributed by atoms with E-state index in [0.29, 0.717) is 18.1 Å². The number of halogens is 2. The average Bonchev–Trinajstić information content (AvgIpc) is 2.96. The number of rotatable bonds is 5. The Hall–Kier alpha value is -2.08. The molecule has 1 saturated heterocycles. The zero-order valence-electron chi connectivity index (χ0n) is 17.3. The number of hydrogen-bond acceptors (Lipinski definition) is 3. The van der Waals surface area contributed by atoms with Gasteiger partial charge in [-0.05, 0) is 43.5 Å². The van der Waals surface area contributed by atoms with Crippen LogP contribution in [0.3, 0.4) is 0 Å². The Morgan fingerprint density at radius 1 is 1.03 bits per heavy atom. The van der Waals surface area contributed by atoms with Gasteiger partial charge < -0.3 is 10.2 Å². The topological polar surface area (TPSA) is 52.6 Å². The molecule has 3 rings (SSSR count). The second kappa shape index (κ2) is 10.3. The molecule has 1 heterocycles. The van der Waals surface area contributed by atoms with Crippen molar-refractivity contribution in [2.75, 3.05) is 26.2 Å². The first-order valence-electron chi connectivity index (χ1n) is 10.2. The van der Waals surface area contributed by atoms with Crippen molar-refractivity contribution in [2.45, 2.75) is 32.9 Å². The Morgan fingerprint density at radius 2 is 1.80 bits per heavy atom. The van der Waals surface area contributed by atoms with Gasteiger partial charge in [-0.2, -0.15) is 0 Å². The maximum absolute atomic E-state index is 12.9. The number of nitrogens with one attached hydrogen (secondary N) is 1. The quantitative estimate of drug-likeness (QED) is 0.748. The molecule has 1 atom stereocenters. The third kappa shape index (κ3) is 5.54. The van der Waals surface area contributed by atoms with Crippen LogP contribution >= 0.6 is 23.2 Å². The Kier molecular flexibility index (Phi) is 7.75. The van der Waals surface area contributed by atoms with Gasteiger partial charge in [-0.1, -0.05) is 53.5 Å². The highest BCUT2D eigenvalue weighted by atomic mass is 35.5. The summed E-state index contributed by atoms with van der Waals surface area (Å²) in [6, 6.07) is 12.6. The highest BCUT2D eigenvalue weighted by Crippen LogP contribution is 2.25. The molecular weight excluding hydrogens is 421 g/mol. The SMILES string of the molecule is Cc1ccccc1CN1CCCN(C(=O)C(C)NC(=O)c2cccc(Cl)c2Cl)CC1. The van der Waals surface area contributed by atoms with Crippen molar-refractivity contribution < 1.29 is 9.59 Å². The summed E-state index contributed by atoms with van der Waals surface area (Å²) in [7, 11) is 0. The minimum atomic E-state index is -0.643. The number of carbonyl (C=O) groups is 2. The monoisotopic (exact) mass is 447 g/mol. The molecule has 2 aromatic rings. The lowest BCUT2D eigenvalue weighted by molar-refractivity contribution is -0.132. The maximum Gasteiger partial charge on any atom is 0.253 e. The van der Waals surface area contributed by atoms with E-state index in [1.807, 2.05) is 11.0 Å². The summed E-state index contributed by atoms with van der Waals surface area (Å²) in [5, 5.41) is 3.26. The van der Waals surface area contributed by atoms with Crippen molar-refractivity contribution in [3.8, 4) is 0 Å². The van der Waals surface area contributed by atoms with E-state index in [-0.39, 0.29) is 16.5 Å². The largest absolute Gasteiger partial charge is 0.340 e. The van der Waals surface area contributed by atoms with Crippen LogP contribution in [-0.4, -0.2) is 53.8 Å². The molecule has 2 amide bonds. The van der Waals surface area contributed by atoms with Crippen molar-refractivity contribution >= 4 is 35.0 Å². The fourth-order valence-corrected chi connectivity index (χ4v) is 4.05. The van der Waals surface area contributed by atoms with Crippen LogP contribution in [0.1, 0.15) is 34.8 Å². The molecule has 1 fully saturated rings. The molecule has 0 radical (unpaired) electrons. The molecule has 7 heteroatoms. The average molecular weight is 448 g/mol. The molecule has 1 aliphatic rings. The normalized spacial score (nSPS) is 16.1. The number of nitrogens with zero attached hydrogens (tertiary/aromatic N) is 2. The second-order valence-electron chi connectivity index (χ2n) is 7.68. The van der Waals surface area contributed by atoms with Crippen molar-refractivity contribution in [3.63, 3.8) is 0 Å². The molecule has 30 heavy (non-hydrogen) atoms. The lowest BCUT2D eigenvalue weighted by atomic mass is 10.1. The van der Waals surface area contributed by atoms with Crippen molar-refractivity contribution in [2.24, 2.45) is 0 Å². The smallest absolute Gasteiger partial charge is 0.253 e. The van der Waals surface area contributed by atoms with Gasteiger partial charge in [-0.15, -0.1) is 0 Å². The van der Waals surface area contributed by atoms with Gasteiger partial charge >= 0.3 is 0 Å². The molecular formula is C23H27Cl2N3O2. The molecule has 0 aliphatic carbocycles. The number of amides is 2. The lowest BCUT2D eigenvalue weighted by Crippen LogP contribution is -2.48. The van der Waals surface area contributed by atoms with Gasteiger partial charge in [-0.3, -0.25) is 14.5 Å². The number of benzene rings is 2. The first-order chi connectivity index (χ1) is 14.4. The van der Waals surface area contributed by atoms with Gasteiger partial charge in [0.05, 0.1) is 15.6 Å². The molecule has 0 aromatic heterocycles. The second-order valence-corrected chi connectivity index (χ2v) is 8.46. The predicted octanol–water partition coefficient (Wildman–Crippen LogP) is 4.15. The molecule has 0 saturated carbocycles. The lowest BCUT2D eigenvalue weighted by Gasteiger charge is -2.25. The van der Waals surface area contributed by atoms with Crippen LogP contribution in [0, 0.1) is 6.92 Å². The predicted molar refractivity (Wildman–Crippen MR) is 121 cm³/mol. The molecule has 1 unspecified atom stereocenters. The van der Waals surface area contributed by atoms with Gasteiger partial charge in [0.15, 0.2) is 0 Å². The summed E-state index contributed by atoms with van der Waals surface area (Å²) in [6.07, 6.45) is 0.901. The molecule has 1 aliphatic heterocycles. The van der Waals surface area contributed by atoms with Gasteiger partial charge in [-0.25, -0.2) is 0 Å². The van der Waals surface area contributed by atoms with Crippen LogP contribution in [-0.2, 0) is 11.3 Å². The van der Waals surface area contributed by atoms with Crippen LogP contribution in [0.5, 0.6) is 0 Å². The van der Waals surface area contributed by atoms with E-state index in [2.05, 4.69) is 35.3 Å². The summed E-state index contributed by atoms with van der Waals surface area (Å²) >= 11 is 12.1. The van der Waals surface area contributed by atoms with Crippen LogP contribution in [0.2, 0.25) is 10.0 Å². The third-order valence-corrected chi connectivity index (χ3v) is 6.29. The van der Waals surface area contributed by atoms with E-state index in [1.165, 1.54) is 11.1 Å². The highest BCUT2D eigenvalue weighted by molar-refractivity contribution is 6.43. The van der Waals surface area contributed by atoms with Crippen molar-refractivity contribution in [1.82, 2.24) is 15.1 Å². The fourth-order valence-electron chi connectivity index (χ4n) is 3.67. The number of hydrogen-bond donors (Lipinski definition) is 1. The van der Waals surface area contributed by atoms with Crippen molar-refractivity contribution in [3.05, 3.63) is 69.2 Å². The maximum atomic E-state index is 12.9. The standard InChI is InChI=1S/C23H27Cl2N3O2/c1-16-7-3-4-8-18(16)15-27-11-6-12-28(14-13-27)23(30)17(2)26-22(29)19-9-5-10-20(24)21(19)25/h3-5,7-10,17H,6,11-15H2,1-2H3,(H,26,29). The fraction of sp³-hybridized carbons (Fsp3) is 0.391. The molecule has 160 valence electrons. The minimum Gasteiger partial charge on any atom is -0.340 e. The van der Waals surface area contributed by atoms with E-state index in [1.54, 1.807) is 25.1 Å². The van der Waals surface area contributed by atoms with E-state index >= 15 is 0 Å². The summed E-state index contributed by atoms with van der Waals surface area (Å²) < 4.78 is 0. The Labute approximate surface area is 187 Å². The number of carbonyl (C=O) groups excluding carboxylic acids is 2. The molecule has 2 aromatic carbocycles. The molecule has 5 nitrogen and oxygen atoms in total. The summed E-state index contributed by atoms with van der Waals surface area (Å²) in [6.45, 7) is 7.78. The Balaban J connectivity index is 1.56. The molecule has 0 bridgehead atoms. The summed E-state index contributed by atoms with van der Waals surface area (Å²) in [4.78, 5) is 29.7. The van der Waals surface area contributed by atoms with Crippen molar-refractivity contribution in [1.29, 1.82) is 0 Å². The van der Waals surface area contributed by atoms with Crippen LogP contribution in [0.25, 0.3) is 0 Å². The minimum absolute atomic E-state index is 0.0840. The summed E-state index contributed by atoms with van der Waals surface area (Å²) in [5.41, 5.74) is 2.87. The van der Waals surface area contributed by atoms with E-state index < -0.39 is 11.9 Å². The third-order valence-electron chi connectivity index (χ3n) is 5.47. The van der Waals surface area contributed by atoms with Crippen LogP contribution < -0.4 is 5.32 Å². The van der Waals surface area contributed by atoms with Gasteiger partial charge in [0.25, 0.3) is 5.91 Å². The molecule has 0 spiro atoms. The first kappa shape index (κ1) is 22.6. The molecule has 1 N–H and O–H groups in total. The first-order valence-corrected chi connectivity index (χ1v) is 10.9. The van der Waals surface area contributed by atoms with Crippen LogP contribution in [0.15, 0.2) is 42.5 Å². The Bertz CT molecular complexity index is 919. The Morgan fingerprint density at radius 3 is 2.57 bits per heavy atom. The van der Waals surface area contributed by atoms with Gasteiger partial charge in [0.2, 0.25) is 5.91 Å². The van der Waals surface area contributed by atoms with E-state index in [9.17, 15) is 9.59 Å². The van der Waals surface area contributed by atoms with Crippen LogP contribution in [0.4, 0.5) is 0 Å². The van der Waals surface area contributed by atoms with Gasteiger partial charge in [0, 0.05) is 32.7 Å². The number of aryl methyl sites for hydroxylation is 1.